The van der Waals surface area contributed by atoms with Gasteiger partial charge in [0.2, 0.25) is 5.96 Å². The summed E-state index contributed by atoms with van der Waals surface area (Å²) in [6.45, 7) is 0. The number of benzene rings is 6. The third-order valence-corrected chi connectivity index (χ3v) is 11.3. The van der Waals surface area contributed by atoms with Gasteiger partial charge in [0, 0.05) is 42.4 Å². The number of amidine groups is 1. The number of rotatable bonds is 4. The van der Waals surface area contributed by atoms with E-state index in [4.69, 9.17) is 9.98 Å². The summed E-state index contributed by atoms with van der Waals surface area (Å²) in [5, 5.41) is 8.69. The van der Waals surface area contributed by atoms with Crippen LogP contribution in [0.5, 0.6) is 0 Å². The third kappa shape index (κ3) is 4.81. The van der Waals surface area contributed by atoms with Gasteiger partial charge in [-0.1, -0.05) is 146 Å². The average Bonchev–Trinajstić information content (AvgIpc) is 3.74. The molecular weight excluding hydrogens is 629 g/mol. The second kappa shape index (κ2) is 11.8. The van der Waals surface area contributed by atoms with Crippen LogP contribution in [0.15, 0.2) is 174 Å². The molecule has 1 aliphatic carbocycles. The lowest BCUT2D eigenvalue weighted by Crippen LogP contribution is -2.35. The molecule has 2 aliphatic rings. The van der Waals surface area contributed by atoms with Gasteiger partial charge in [-0.25, -0.2) is 4.99 Å². The predicted octanol–water partition coefficient (Wildman–Crippen LogP) is 11.2. The number of hydrogen-bond donors (Lipinski definition) is 1. The van der Waals surface area contributed by atoms with Crippen LogP contribution < -0.4 is 5.32 Å². The fourth-order valence-electron chi connectivity index (χ4n) is 7.64. The van der Waals surface area contributed by atoms with E-state index in [1.165, 1.54) is 47.6 Å². The van der Waals surface area contributed by atoms with Gasteiger partial charge in [0.25, 0.3) is 0 Å². The van der Waals surface area contributed by atoms with Gasteiger partial charge in [-0.3, -0.25) is 4.57 Å². The van der Waals surface area contributed by atoms with Crippen molar-refractivity contribution >= 4 is 70.7 Å². The lowest BCUT2D eigenvalue weighted by Gasteiger charge is -2.24. The first-order chi connectivity index (χ1) is 24.8. The number of fused-ring (bicyclic) bond motifs is 6. The molecule has 0 saturated carbocycles. The Morgan fingerprint density at radius 1 is 0.640 bits per heavy atom. The van der Waals surface area contributed by atoms with Crippen molar-refractivity contribution in [3.8, 4) is 0 Å². The van der Waals surface area contributed by atoms with Gasteiger partial charge < -0.3 is 5.32 Å². The van der Waals surface area contributed by atoms with Crippen molar-refractivity contribution in [3.05, 3.63) is 186 Å². The van der Waals surface area contributed by atoms with E-state index in [1.54, 1.807) is 0 Å². The Labute approximate surface area is 294 Å². The van der Waals surface area contributed by atoms with E-state index in [-0.39, 0.29) is 6.17 Å². The van der Waals surface area contributed by atoms with Crippen molar-refractivity contribution in [2.24, 2.45) is 9.98 Å². The number of nitrogens with one attached hydrogen (secondary N) is 1. The first kappa shape index (κ1) is 28.9. The lowest BCUT2D eigenvalue weighted by molar-refractivity contribution is 0.668. The van der Waals surface area contributed by atoms with E-state index >= 15 is 0 Å². The molecule has 4 nitrogen and oxygen atoms in total. The number of nitrogens with zero attached hydrogens (tertiary/aromatic N) is 3. The second-order valence-electron chi connectivity index (χ2n) is 13.0. The van der Waals surface area contributed by atoms with E-state index in [1.807, 2.05) is 23.5 Å². The van der Waals surface area contributed by atoms with Gasteiger partial charge in [-0.2, -0.15) is 4.99 Å². The molecule has 0 radical (unpaired) electrons. The minimum atomic E-state index is -0.276. The second-order valence-corrected chi connectivity index (χ2v) is 14.1. The molecule has 0 fully saturated rings. The molecule has 3 heterocycles. The van der Waals surface area contributed by atoms with Gasteiger partial charge in [0.05, 0.1) is 11.0 Å². The summed E-state index contributed by atoms with van der Waals surface area (Å²) >= 11 is 1.91. The van der Waals surface area contributed by atoms with Crippen LogP contribution in [0.1, 0.15) is 40.8 Å². The van der Waals surface area contributed by atoms with Gasteiger partial charge in [-0.15, -0.1) is 11.3 Å². The average molecular weight is 661 g/mol. The zero-order valence-electron chi connectivity index (χ0n) is 27.2. The van der Waals surface area contributed by atoms with Crippen LogP contribution in [0.4, 0.5) is 0 Å². The SMILES string of the molecule is C1=CC(c2cccc3c2sc2ccccc23)CC(c2ccc3c4ccccc4n(C4=NC(c5ccccc5)NC(c5ccccc5)=N4)c3c2)=C1. The maximum absolute atomic E-state index is 5.27. The summed E-state index contributed by atoms with van der Waals surface area (Å²) in [6, 6.07) is 51.8. The monoisotopic (exact) mass is 660 g/mol. The first-order valence-corrected chi connectivity index (χ1v) is 17.9. The van der Waals surface area contributed by atoms with Crippen molar-refractivity contribution in [1.29, 1.82) is 0 Å². The van der Waals surface area contributed by atoms with Crippen LogP contribution in [-0.4, -0.2) is 16.4 Å². The highest BCUT2D eigenvalue weighted by atomic mass is 32.1. The summed E-state index contributed by atoms with van der Waals surface area (Å²) in [7, 11) is 0. The number of aromatic nitrogens is 1. The minimum absolute atomic E-state index is 0.276. The molecule has 50 heavy (non-hydrogen) atoms. The molecule has 2 aromatic heterocycles. The topological polar surface area (TPSA) is 41.7 Å². The maximum Gasteiger partial charge on any atom is 0.234 e. The first-order valence-electron chi connectivity index (χ1n) is 17.1. The molecular formula is C45H32N4S. The summed E-state index contributed by atoms with van der Waals surface area (Å²) in [5.74, 6) is 1.78. The van der Waals surface area contributed by atoms with Crippen LogP contribution in [0.25, 0.3) is 47.6 Å². The van der Waals surface area contributed by atoms with E-state index in [0.29, 0.717) is 11.9 Å². The van der Waals surface area contributed by atoms with E-state index in [9.17, 15) is 0 Å². The van der Waals surface area contributed by atoms with Gasteiger partial charge in [0.1, 0.15) is 12.0 Å². The molecule has 0 bridgehead atoms. The van der Waals surface area contributed by atoms with Gasteiger partial charge >= 0.3 is 0 Å². The molecule has 2 unspecified atom stereocenters. The van der Waals surface area contributed by atoms with Crippen LogP contribution in [0.3, 0.4) is 0 Å². The van der Waals surface area contributed by atoms with E-state index in [0.717, 1.165) is 34.4 Å². The Bertz CT molecular complexity index is 2710. The highest BCUT2D eigenvalue weighted by Crippen LogP contribution is 2.43. The van der Waals surface area contributed by atoms with Crippen LogP contribution in [-0.2, 0) is 0 Å². The standard InChI is InChI=1S/C45H32N4S/c1-3-13-29(14-4-1)43-46-44(30-15-5-2-6-16-30)48-45(47-43)49-39-23-9-7-19-35(39)36-26-25-32(28-40(36)49)31-17-11-18-33(27-31)34-21-12-22-38-37-20-8-10-24-41(37)50-42(34)38/h1-26,28,33,43H,27H2,(H,46,47,48). The highest BCUT2D eigenvalue weighted by Gasteiger charge is 2.25. The minimum Gasteiger partial charge on any atom is -0.344 e. The number of hydrogen-bond acceptors (Lipinski definition) is 4. The lowest BCUT2D eigenvalue weighted by atomic mass is 9.85. The predicted molar refractivity (Wildman–Crippen MR) is 211 cm³/mol. The van der Waals surface area contributed by atoms with Gasteiger partial charge in [0.15, 0.2) is 0 Å². The zero-order valence-corrected chi connectivity index (χ0v) is 28.0. The Balaban J connectivity index is 1.10. The van der Waals surface area contributed by atoms with Gasteiger partial charge in [-0.05, 0) is 46.9 Å². The number of allylic oxidation sites excluding steroid dienone is 4. The van der Waals surface area contributed by atoms with Crippen LogP contribution >= 0.6 is 11.3 Å². The molecule has 0 saturated heterocycles. The summed E-state index contributed by atoms with van der Waals surface area (Å²) in [6.07, 6.45) is 7.56. The molecule has 1 N–H and O–H groups in total. The van der Waals surface area contributed by atoms with Crippen molar-refractivity contribution in [2.45, 2.75) is 18.5 Å². The number of para-hydroxylation sites is 1. The molecule has 5 heteroatoms. The Kier molecular flexibility index (Phi) is 6.84. The number of aliphatic imine (C=N–C) groups is 2. The summed E-state index contributed by atoms with van der Waals surface area (Å²) in [5.41, 5.74) is 8.27. The molecule has 238 valence electrons. The normalized spacial score (nSPS) is 17.6. The molecule has 8 aromatic rings. The molecule has 10 rings (SSSR count). The highest BCUT2D eigenvalue weighted by molar-refractivity contribution is 7.26. The molecule has 0 spiro atoms. The Hall–Kier alpha value is -6.04. The smallest absolute Gasteiger partial charge is 0.234 e. The molecule has 0 amide bonds. The maximum atomic E-state index is 5.27. The fourth-order valence-corrected chi connectivity index (χ4v) is 8.92. The Morgan fingerprint density at radius 2 is 1.38 bits per heavy atom. The van der Waals surface area contributed by atoms with Crippen LogP contribution in [0.2, 0.25) is 0 Å². The molecule has 6 aromatic carbocycles. The molecule has 1 aliphatic heterocycles. The largest absolute Gasteiger partial charge is 0.344 e. The third-order valence-electron chi connectivity index (χ3n) is 10.1. The number of thiophene rings is 1. The van der Waals surface area contributed by atoms with Crippen molar-refractivity contribution in [1.82, 2.24) is 9.88 Å². The van der Waals surface area contributed by atoms with E-state index < -0.39 is 0 Å². The Morgan fingerprint density at radius 3 is 2.26 bits per heavy atom. The van der Waals surface area contributed by atoms with Crippen molar-refractivity contribution in [3.63, 3.8) is 0 Å². The summed E-state index contributed by atoms with van der Waals surface area (Å²) in [4.78, 5) is 10.5. The van der Waals surface area contributed by atoms with Crippen LogP contribution in [0, 0.1) is 0 Å². The molecule has 2 atom stereocenters. The van der Waals surface area contributed by atoms with Crippen molar-refractivity contribution < 1.29 is 0 Å². The quantitative estimate of drug-likeness (QED) is 0.201. The zero-order chi connectivity index (χ0) is 33.0. The van der Waals surface area contributed by atoms with Crippen molar-refractivity contribution in [2.75, 3.05) is 0 Å². The fraction of sp³-hybridized carbons (Fsp3) is 0.0667. The van der Waals surface area contributed by atoms with E-state index in [2.05, 4.69) is 162 Å². The summed E-state index contributed by atoms with van der Waals surface area (Å²) < 4.78 is 4.99.